The van der Waals surface area contributed by atoms with Crippen molar-refractivity contribution in [2.24, 2.45) is 5.18 Å². The van der Waals surface area contributed by atoms with Crippen molar-refractivity contribution in [1.82, 2.24) is 15.1 Å². The number of aromatic nitrogens is 3. The lowest BCUT2D eigenvalue weighted by Crippen LogP contribution is -2.01. The molecule has 4 aromatic rings. The van der Waals surface area contributed by atoms with Crippen molar-refractivity contribution < 1.29 is 9.63 Å². The number of aliphatic hydroxyl groups is 1. The van der Waals surface area contributed by atoms with Crippen LogP contribution in [0.3, 0.4) is 0 Å². The van der Waals surface area contributed by atoms with Crippen molar-refractivity contribution >= 4 is 16.6 Å². The van der Waals surface area contributed by atoms with E-state index in [1.54, 1.807) is 24.3 Å². The van der Waals surface area contributed by atoms with E-state index in [1.807, 2.05) is 30.5 Å². The van der Waals surface area contributed by atoms with Gasteiger partial charge in [0.1, 0.15) is 11.8 Å². The van der Waals surface area contributed by atoms with Gasteiger partial charge in [0.25, 0.3) is 5.89 Å². The van der Waals surface area contributed by atoms with Crippen molar-refractivity contribution in [3.8, 4) is 11.4 Å². The molecule has 0 spiro atoms. The smallest absolute Gasteiger partial charge is 0.256 e. The van der Waals surface area contributed by atoms with Gasteiger partial charge >= 0.3 is 0 Å². The van der Waals surface area contributed by atoms with E-state index in [1.165, 1.54) is 0 Å². The van der Waals surface area contributed by atoms with Crippen molar-refractivity contribution in [1.29, 1.82) is 0 Å². The van der Waals surface area contributed by atoms with Crippen LogP contribution in [0.2, 0.25) is 0 Å². The Morgan fingerprint density at radius 2 is 1.96 bits per heavy atom. The van der Waals surface area contributed by atoms with E-state index in [-0.39, 0.29) is 5.89 Å². The minimum absolute atomic E-state index is 0.151. The van der Waals surface area contributed by atoms with Gasteiger partial charge < -0.3 is 14.6 Å². The first kappa shape index (κ1) is 15.2. The minimum Gasteiger partial charge on any atom is -0.383 e. The standard InChI is InChI=1S/C18H14N4O3/c23-16(9-12-10-19-15-4-2-1-3-14(12)15)18-20-17(22-25-18)11-5-7-13(21-24)8-6-11/h1-8,10,16,19,23H,9H2. The number of rotatable bonds is 5. The summed E-state index contributed by atoms with van der Waals surface area (Å²) < 4.78 is 5.19. The van der Waals surface area contributed by atoms with Crippen LogP contribution in [0, 0.1) is 4.91 Å². The number of nitroso groups, excluding NO2 is 1. The van der Waals surface area contributed by atoms with Crippen LogP contribution in [0.1, 0.15) is 17.6 Å². The highest BCUT2D eigenvalue weighted by molar-refractivity contribution is 5.83. The van der Waals surface area contributed by atoms with Crippen molar-refractivity contribution in [3.63, 3.8) is 0 Å². The summed E-state index contributed by atoms with van der Waals surface area (Å²) in [6.45, 7) is 0. The van der Waals surface area contributed by atoms with Gasteiger partial charge in [-0.05, 0) is 41.1 Å². The van der Waals surface area contributed by atoms with E-state index >= 15 is 0 Å². The first-order chi connectivity index (χ1) is 12.2. The summed E-state index contributed by atoms with van der Waals surface area (Å²) in [7, 11) is 0. The number of nitrogens with one attached hydrogen (secondary N) is 1. The quantitative estimate of drug-likeness (QED) is 0.539. The van der Waals surface area contributed by atoms with Crippen molar-refractivity contribution in [3.05, 3.63) is 71.1 Å². The molecule has 0 saturated carbocycles. The molecule has 0 saturated heterocycles. The SMILES string of the molecule is O=Nc1ccc(-c2noc(C(O)Cc3c[nH]c4ccccc34)n2)cc1. The van der Waals surface area contributed by atoms with E-state index in [2.05, 4.69) is 20.3 Å². The van der Waals surface area contributed by atoms with Gasteiger partial charge in [-0.3, -0.25) is 0 Å². The average molecular weight is 334 g/mol. The zero-order valence-electron chi connectivity index (χ0n) is 13.1. The molecule has 1 unspecified atom stereocenters. The van der Waals surface area contributed by atoms with Crippen LogP contribution in [0.5, 0.6) is 0 Å². The van der Waals surface area contributed by atoms with Gasteiger partial charge in [-0.1, -0.05) is 23.4 Å². The van der Waals surface area contributed by atoms with Gasteiger partial charge in [0, 0.05) is 29.1 Å². The number of para-hydroxylation sites is 1. The number of benzene rings is 2. The lowest BCUT2D eigenvalue weighted by atomic mass is 10.1. The molecule has 124 valence electrons. The molecule has 0 radical (unpaired) electrons. The van der Waals surface area contributed by atoms with Crippen LogP contribution < -0.4 is 0 Å². The number of nitrogens with zero attached hydrogens (tertiary/aromatic N) is 3. The molecule has 0 aliphatic carbocycles. The Labute approximate surface area is 142 Å². The van der Waals surface area contributed by atoms with E-state index in [0.717, 1.165) is 16.5 Å². The first-order valence-electron chi connectivity index (χ1n) is 7.75. The minimum atomic E-state index is -0.906. The summed E-state index contributed by atoms with van der Waals surface area (Å²) >= 11 is 0. The van der Waals surface area contributed by atoms with E-state index in [9.17, 15) is 10.0 Å². The number of hydrogen-bond acceptors (Lipinski definition) is 6. The highest BCUT2D eigenvalue weighted by Crippen LogP contribution is 2.26. The predicted octanol–water partition coefficient (Wildman–Crippen LogP) is 3.89. The van der Waals surface area contributed by atoms with Crippen molar-refractivity contribution in [2.75, 3.05) is 0 Å². The van der Waals surface area contributed by atoms with Crippen LogP contribution in [0.4, 0.5) is 5.69 Å². The highest BCUT2D eigenvalue weighted by Gasteiger charge is 2.19. The summed E-state index contributed by atoms with van der Waals surface area (Å²) in [5.41, 5.74) is 3.00. The molecule has 25 heavy (non-hydrogen) atoms. The van der Waals surface area contributed by atoms with Crippen LogP contribution in [-0.4, -0.2) is 20.2 Å². The summed E-state index contributed by atoms with van der Waals surface area (Å²) in [6, 6.07) is 14.4. The molecule has 4 rings (SSSR count). The largest absolute Gasteiger partial charge is 0.383 e. The second kappa shape index (κ2) is 6.29. The van der Waals surface area contributed by atoms with Gasteiger partial charge in [0.2, 0.25) is 5.82 Å². The molecule has 7 heteroatoms. The molecule has 0 fully saturated rings. The third-order valence-electron chi connectivity index (χ3n) is 4.05. The van der Waals surface area contributed by atoms with Gasteiger partial charge in [-0.2, -0.15) is 4.98 Å². The maximum Gasteiger partial charge on any atom is 0.256 e. The van der Waals surface area contributed by atoms with Gasteiger partial charge in [0.15, 0.2) is 0 Å². The number of aromatic amines is 1. The molecular weight excluding hydrogens is 320 g/mol. The third kappa shape index (κ3) is 2.92. The second-order valence-corrected chi connectivity index (χ2v) is 5.67. The zero-order valence-corrected chi connectivity index (χ0v) is 13.1. The molecule has 0 aliphatic rings. The van der Waals surface area contributed by atoms with E-state index < -0.39 is 6.10 Å². The van der Waals surface area contributed by atoms with Crippen LogP contribution in [0.25, 0.3) is 22.3 Å². The summed E-state index contributed by atoms with van der Waals surface area (Å²) in [4.78, 5) is 17.9. The van der Waals surface area contributed by atoms with Crippen LogP contribution >= 0.6 is 0 Å². The Kier molecular flexibility index (Phi) is 3.83. The Bertz CT molecular complexity index is 1020. The number of H-pyrrole nitrogens is 1. The van der Waals surface area contributed by atoms with Crippen molar-refractivity contribution in [2.45, 2.75) is 12.5 Å². The lowest BCUT2D eigenvalue weighted by molar-refractivity contribution is 0.134. The fraction of sp³-hybridized carbons (Fsp3) is 0.111. The third-order valence-corrected chi connectivity index (χ3v) is 4.05. The molecule has 2 aromatic carbocycles. The average Bonchev–Trinajstić information content (AvgIpc) is 3.30. The molecule has 0 bridgehead atoms. The molecule has 0 amide bonds. The molecule has 1 atom stereocenters. The highest BCUT2D eigenvalue weighted by atomic mass is 16.5. The maximum absolute atomic E-state index is 10.5. The fourth-order valence-corrected chi connectivity index (χ4v) is 2.76. The Hall–Kier alpha value is -3.32. The maximum atomic E-state index is 10.5. The molecule has 2 aromatic heterocycles. The zero-order chi connectivity index (χ0) is 17.2. The van der Waals surface area contributed by atoms with E-state index in [4.69, 9.17) is 4.52 Å². The Morgan fingerprint density at radius 1 is 1.16 bits per heavy atom. The molecule has 2 N–H and O–H groups in total. The van der Waals surface area contributed by atoms with Gasteiger partial charge in [-0.15, -0.1) is 4.91 Å². The number of fused-ring (bicyclic) bond motifs is 1. The monoisotopic (exact) mass is 334 g/mol. The lowest BCUT2D eigenvalue weighted by Gasteiger charge is -2.04. The Morgan fingerprint density at radius 3 is 2.76 bits per heavy atom. The molecule has 7 nitrogen and oxygen atoms in total. The van der Waals surface area contributed by atoms with Crippen LogP contribution in [-0.2, 0) is 6.42 Å². The van der Waals surface area contributed by atoms with E-state index in [0.29, 0.717) is 23.5 Å². The molecule has 0 aliphatic heterocycles. The second-order valence-electron chi connectivity index (χ2n) is 5.67. The molecule has 2 heterocycles. The fourth-order valence-electron chi connectivity index (χ4n) is 2.76. The predicted molar refractivity (Wildman–Crippen MR) is 92.2 cm³/mol. The summed E-state index contributed by atoms with van der Waals surface area (Å²) in [5, 5.41) is 18.2. The topological polar surface area (TPSA) is 104 Å². The summed E-state index contributed by atoms with van der Waals surface area (Å²) in [5.74, 6) is 0.503. The normalized spacial score (nSPS) is 12.4. The first-order valence-corrected chi connectivity index (χ1v) is 7.75. The van der Waals surface area contributed by atoms with Crippen LogP contribution in [0.15, 0.2) is 64.4 Å². The number of aliphatic hydroxyl groups excluding tert-OH is 1. The Balaban J connectivity index is 1.55. The van der Waals surface area contributed by atoms with Gasteiger partial charge in [-0.25, -0.2) is 0 Å². The number of hydrogen-bond donors (Lipinski definition) is 2. The summed E-state index contributed by atoms with van der Waals surface area (Å²) in [6.07, 6.45) is 1.33. The molecular formula is C18H14N4O3. The van der Waals surface area contributed by atoms with Gasteiger partial charge in [0.05, 0.1) is 0 Å².